The van der Waals surface area contributed by atoms with E-state index in [1.165, 1.54) is 6.92 Å². The van der Waals surface area contributed by atoms with E-state index >= 15 is 0 Å². The van der Waals surface area contributed by atoms with Gasteiger partial charge in [-0.3, -0.25) is 4.79 Å². The summed E-state index contributed by atoms with van der Waals surface area (Å²) in [5.74, 6) is 1.01. The summed E-state index contributed by atoms with van der Waals surface area (Å²) < 4.78 is 1.95. The Morgan fingerprint density at radius 1 is 1.50 bits per heavy atom. The van der Waals surface area contributed by atoms with Crippen LogP contribution in [-0.2, 0) is 17.2 Å². The molecule has 1 heterocycles. The molecule has 1 aromatic heterocycles. The summed E-state index contributed by atoms with van der Waals surface area (Å²) >= 11 is 12.1. The second-order valence-corrected chi connectivity index (χ2v) is 4.58. The minimum atomic E-state index is -0.0575. The first-order valence-electron chi connectivity index (χ1n) is 5.57. The minimum Gasteiger partial charge on any atom is -0.355 e. The molecule has 0 fully saturated rings. The summed E-state index contributed by atoms with van der Waals surface area (Å²) in [7, 11) is 0. The monoisotopic (exact) mass is 285 g/mol. The Morgan fingerprint density at radius 2 is 2.28 bits per heavy atom. The van der Waals surface area contributed by atoms with Crippen LogP contribution in [0.5, 0.6) is 0 Å². The number of nitrogens with one attached hydrogen (secondary N) is 1. The molecule has 0 unspecified atom stereocenters. The van der Waals surface area contributed by atoms with E-state index in [-0.39, 0.29) is 5.91 Å². The highest BCUT2D eigenvalue weighted by atomic mass is 35.5. The number of hydrogen-bond acceptors (Lipinski definition) is 2. The average molecular weight is 286 g/mol. The largest absolute Gasteiger partial charge is 0.355 e. The second-order valence-electron chi connectivity index (χ2n) is 3.90. The minimum absolute atomic E-state index is 0.0575. The number of carbonyl (C=O) groups excluding carboxylic acids is 1. The zero-order valence-corrected chi connectivity index (χ0v) is 11.4. The van der Waals surface area contributed by atoms with Gasteiger partial charge in [0.2, 0.25) is 5.91 Å². The molecule has 96 valence electrons. The van der Waals surface area contributed by atoms with Crippen LogP contribution in [0.4, 0.5) is 0 Å². The van der Waals surface area contributed by atoms with Crippen molar-refractivity contribution in [3.8, 4) is 0 Å². The van der Waals surface area contributed by atoms with Gasteiger partial charge in [0.05, 0.1) is 21.9 Å². The summed E-state index contributed by atoms with van der Waals surface area (Å²) in [6.45, 7) is 2.61. The third-order valence-electron chi connectivity index (χ3n) is 2.63. The number of alkyl halides is 1. The molecule has 0 radical (unpaired) electrons. The molecule has 2 rings (SSSR count). The van der Waals surface area contributed by atoms with E-state index in [1.807, 2.05) is 22.8 Å². The van der Waals surface area contributed by atoms with Crippen molar-refractivity contribution in [1.29, 1.82) is 0 Å². The maximum Gasteiger partial charge on any atom is 0.216 e. The van der Waals surface area contributed by atoms with Crippen molar-refractivity contribution in [3.63, 3.8) is 0 Å². The molecule has 1 amide bonds. The van der Waals surface area contributed by atoms with E-state index in [0.717, 1.165) is 16.9 Å². The fourth-order valence-corrected chi connectivity index (χ4v) is 2.35. The molecule has 6 heteroatoms. The molecule has 0 saturated heterocycles. The zero-order chi connectivity index (χ0) is 13.1. The van der Waals surface area contributed by atoms with Gasteiger partial charge in [0.15, 0.2) is 0 Å². The Hall–Kier alpha value is -1.26. The first-order valence-corrected chi connectivity index (χ1v) is 6.48. The van der Waals surface area contributed by atoms with Crippen LogP contribution in [0.25, 0.3) is 11.0 Å². The molecule has 0 bridgehead atoms. The van der Waals surface area contributed by atoms with E-state index in [2.05, 4.69) is 10.3 Å². The van der Waals surface area contributed by atoms with Gasteiger partial charge in [-0.25, -0.2) is 4.98 Å². The predicted molar refractivity (Wildman–Crippen MR) is 73.0 cm³/mol. The topological polar surface area (TPSA) is 46.9 Å². The Labute approximate surface area is 115 Å². The van der Waals surface area contributed by atoms with E-state index in [0.29, 0.717) is 24.0 Å². The van der Waals surface area contributed by atoms with Crippen LogP contribution >= 0.6 is 23.2 Å². The SMILES string of the molecule is CC(=O)NCCn1c(CCl)nc2cccc(Cl)c21. The molecular formula is C12H13Cl2N3O. The highest BCUT2D eigenvalue weighted by Gasteiger charge is 2.12. The summed E-state index contributed by atoms with van der Waals surface area (Å²) in [4.78, 5) is 15.3. The Balaban J connectivity index is 2.37. The number of hydrogen-bond donors (Lipinski definition) is 1. The molecule has 0 aliphatic rings. The van der Waals surface area contributed by atoms with Crippen molar-refractivity contribution in [3.05, 3.63) is 29.0 Å². The molecule has 2 aromatic rings. The first-order chi connectivity index (χ1) is 8.63. The van der Waals surface area contributed by atoms with E-state index in [4.69, 9.17) is 23.2 Å². The molecule has 0 aliphatic heterocycles. The van der Waals surface area contributed by atoms with Crippen LogP contribution in [-0.4, -0.2) is 22.0 Å². The number of imidazole rings is 1. The quantitative estimate of drug-likeness (QED) is 0.878. The van der Waals surface area contributed by atoms with Gasteiger partial charge in [-0.05, 0) is 12.1 Å². The normalized spacial score (nSPS) is 10.8. The molecule has 18 heavy (non-hydrogen) atoms. The number of fused-ring (bicyclic) bond motifs is 1. The van der Waals surface area contributed by atoms with Gasteiger partial charge in [-0.1, -0.05) is 17.7 Å². The molecule has 0 atom stereocenters. The van der Waals surface area contributed by atoms with Crippen molar-refractivity contribution in [2.24, 2.45) is 0 Å². The van der Waals surface area contributed by atoms with Gasteiger partial charge in [-0.15, -0.1) is 11.6 Å². The zero-order valence-electron chi connectivity index (χ0n) is 9.91. The molecule has 0 spiro atoms. The Kier molecular flexibility index (Phi) is 4.09. The third kappa shape index (κ3) is 2.60. The van der Waals surface area contributed by atoms with Crippen LogP contribution in [0.15, 0.2) is 18.2 Å². The van der Waals surface area contributed by atoms with E-state index < -0.39 is 0 Å². The van der Waals surface area contributed by atoms with Crippen molar-refractivity contribution in [2.75, 3.05) is 6.54 Å². The molecule has 1 N–H and O–H groups in total. The van der Waals surface area contributed by atoms with Gasteiger partial charge in [0, 0.05) is 20.0 Å². The summed E-state index contributed by atoms with van der Waals surface area (Å²) in [5.41, 5.74) is 1.68. The lowest BCUT2D eigenvalue weighted by atomic mass is 10.3. The Bertz CT molecular complexity index is 580. The number of aromatic nitrogens is 2. The Morgan fingerprint density at radius 3 is 2.94 bits per heavy atom. The fourth-order valence-electron chi connectivity index (χ4n) is 1.88. The summed E-state index contributed by atoms with van der Waals surface area (Å²) in [6.07, 6.45) is 0. The standard InChI is InChI=1S/C12H13Cl2N3O/c1-8(18)15-5-6-17-11(7-13)16-10-4-2-3-9(14)12(10)17/h2-4H,5-7H2,1H3,(H,15,18). The van der Waals surface area contributed by atoms with Gasteiger partial charge in [0.1, 0.15) is 5.82 Å². The van der Waals surface area contributed by atoms with Crippen molar-refractivity contribution in [2.45, 2.75) is 19.3 Å². The molecule has 1 aromatic carbocycles. The van der Waals surface area contributed by atoms with Gasteiger partial charge >= 0.3 is 0 Å². The van der Waals surface area contributed by atoms with Crippen molar-refractivity contribution in [1.82, 2.24) is 14.9 Å². The number of carbonyl (C=O) groups is 1. The number of amides is 1. The lowest BCUT2D eigenvalue weighted by molar-refractivity contribution is -0.118. The van der Waals surface area contributed by atoms with Gasteiger partial charge in [0.25, 0.3) is 0 Å². The van der Waals surface area contributed by atoms with Crippen LogP contribution in [0, 0.1) is 0 Å². The second kappa shape index (κ2) is 5.59. The van der Waals surface area contributed by atoms with Gasteiger partial charge < -0.3 is 9.88 Å². The third-order valence-corrected chi connectivity index (χ3v) is 3.17. The first kappa shape index (κ1) is 13.2. The van der Waals surface area contributed by atoms with E-state index in [9.17, 15) is 4.79 Å². The number of halogens is 2. The fraction of sp³-hybridized carbons (Fsp3) is 0.333. The highest BCUT2D eigenvalue weighted by molar-refractivity contribution is 6.35. The summed E-state index contributed by atoms with van der Waals surface area (Å²) in [6, 6.07) is 5.57. The highest BCUT2D eigenvalue weighted by Crippen LogP contribution is 2.25. The lowest BCUT2D eigenvalue weighted by Crippen LogP contribution is -2.25. The van der Waals surface area contributed by atoms with Gasteiger partial charge in [-0.2, -0.15) is 0 Å². The van der Waals surface area contributed by atoms with Crippen LogP contribution in [0.2, 0.25) is 5.02 Å². The molecule has 0 saturated carbocycles. The van der Waals surface area contributed by atoms with Crippen LogP contribution in [0.3, 0.4) is 0 Å². The molecule has 4 nitrogen and oxygen atoms in total. The smallest absolute Gasteiger partial charge is 0.216 e. The number of rotatable bonds is 4. The maximum atomic E-state index is 10.9. The predicted octanol–water partition coefficient (Wildman–Crippen LogP) is 2.56. The van der Waals surface area contributed by atoms with Crippen molar-refractivity contribution < 1.29 is 4.79 Å². The number of benzene rings is 1. The van der Waals surface area contributed by atoms with Crippen LogP contribution in [0.1, 0.15) is 12.7 Å². The number of nitrogens with zero attached hydrogens (tertiary/aromatic N) is 2. The molecular weight excluding hydrogens is 273 g/mol. The number of para-hydroxylation sites is 1. The average Bonchev–Trinajstić information content (AvgIpc) is 2.68. The van der Waals surface area contributed by atoms with E-state index in [1.54, 1.807) is 0 Å². The van der Waals surface area contributed by atoms with Crippen LogP contribution < -0.4 is 5.32 Å². The summed E-state index contributed by atoms with van der Waals surface area (Å²) in [5, 5.41) is 3.38. The van der Waals surface area contributed by atoms with Crippen molar-refractivity contribution >= 4 is 40.1 Å². The maximum absolute atomic E-state index is 10.9. The lowest BCUT2D eigenvalue weighted by Gasteiger charge is -2.08. The molecule has 0 aliphatic carbocycles.